The predicted molar refractivity (Wildman–Crippen MR) is 81.5 cm³/mol. The maximum Gasteiger partial charge on any atom is 0.210 e. The maximum atomic E-state index is 11.3. The Labute approximate surface area is 119 Å². The van der Waals surface area contributed by atoms with E-state index in [1.807, 2.05) is 11.8 Å². The summed E-state index contributed by atoms with van der Waals surface area (Å²) in [6.07, 6.45) is 9.60. The second-order valence-corrected chi connectivity index (χ2v) is 6.06. The summed E-state index contributed by atoms with van der Waals surface area (Å²) >= 11 is 1.77. The van der Waals surface area contributed by atoms with Crippen LogP contribution in [0, 0.1) is 5.92 Å². The molecule has 0 aromatic rings. The van der Waals surface area contributed by atoms with Crippen LogP contribution in [-0.4, -0.2) is 29.8 Å². The molecular formula is C15H22N2OS. The number of piperidine rings is 1. The first-order valence-electron chi connectivity index (χ1n) is 6.85. The third kappa shape index (κ3) is 3.66. The smallest absolute Gasteiger partial charge is 0.210 e. The fraction of sp³-hybridized carbons (Fsp3) is 0.533. The van der Waals surface area contributed by atoms with Crippen molar-refractivity contribution in [2.24, 2.45) is 5.92 Å². The molecule has 3 nitrogen and oxygen atoms in total. The van der Waals surface area contributed by atoms with Crippen molar-refractivity contribution >= 4 is 18.2 Å². The molecule has 0 aromatic carbocycles. The molecule has 0 radical (unpaired) electrons. The fourth-order valence-corrected chi connectivity index (χ4v) is 3.34. The van der Waals surface area contributed by atoms with Gasteiger partial charge in [-0.2, -0.15) is 0 Å². The number of hydrogen-bond donors (Lipinski definition) is 1. The minimum absolute atomic E-state index is 0.221. The van der Waals surface area contributed by atoms with Crippen molar-refractivity contribution in [1.29, 1.82) is 0 Å². The number of rotatable bonds is 4. The lowest BCUT2D eigenvalue weighted by molar-refractivity contribution is -0.121. The van der Waals surface area contributed by atoms with Crippen LogP contribution in [0.2, 0.25) is 0 Å². The number of hydrogen-bond acceptors (Lipinski definition) is 3. The summed E-state index contributed by atoms with van der Waals surface area (Å²) in [5.74, 6) is 1.54. The molecule has 2 rings (SSSR count). The third-order valence-electron chi connectivity index (χ3n) is 3.63. The Balaban J connectivity index is 2.20. The Morgan fingerprint density at radius 3 is 3.00 bits per heavy atom. The minimum atomic E-state index is 0.221. The van der Waals surface area contributed by atoms with Crippen LogP contribution in [0.4, 0.5) is 0 Å². The van der Waals surface area contributed by atoms with Crippen molar-refractivity contribution < 1.29 is 4.79 Å². The van der Waals surface area contributed by atoms with Gasteiger partial charge >= 0.3 is 0 Å². The molecule has 2 aliphatic rings. The summed E-state index contributed by atoms with van der Waals surface area (Å²) in [7, 11) is 0. The normalized spacial score (nSPS) is 28.4. The van der Waals surface area contributed by atoms with Gasteiger partial charge in [0.1, 0.15) is 0 Å². The summed E-state index contributed by atoms with van der Waals surface area (Å²) in [4.78, 5) is 13.2. The molecule has 2 atom stereocenters. The van der Waals surface area contributed by atoms with E-state index in [0.717, 1.165) is 30.9 Å². The summed E-state index contributed by atoms with van der Waals surface area (Å²) in [5.41, 5.74) is 2.38. The zero-order valence-electron chi connectivity index (χ0n) is 11.6. The van der Waals surface area contributed by atoms with E-state index >= 15 is 0 Å². The van der Waals surface area contributed by atoms with Crippen LogP contribution in [0.15, 0.2) is 34.9 Å². The maximum absolute atomic E-state index is 11.3. The van der Waals surface area contributed by atoms with Gasteiger partial charge in [0.15, 0.2) is 0 Å². The van der Waals surface area contributed by atoms with Gasteiger partial charge < -0.3 is 10.2 Å². The van der Waals surface area contributed by atoms with Crippen LogP contribution < -0.4 is 5.32 Å². The SMILES string of the molecule is C/C=C\C(=C/C1=CSCN1)[C@H]1CCC(C)CN1C=O. The highest BCUT2D eigenvalue weighted by atomic mass is 32.2. The van der Waals surface area contributed by atoms with Crippen LogP contribution in [0.25, 0.3) is 0 Å². The summed E-state index contributed by atoms with van der Waals surface area (Å²) in [6, 6.07) is 0.221. The number of likely N-dealkylation sites (tertiary alicyclic amines) is 1. The lowest BCUT2D eigenvalue weighted by Gasteiger charge is -2.37. The Hall–Kier alpha value is -1.16. The van der Waals surface area contributed by atoms with E-state index in [4.69, 9.17) is 0 Å². The fourth-order valence-electron chi connectivity index (χ4n) is 2.67. The van der Waals surface area contributed by atoms with Crippen LogP contribution in [0.5, 0.6) is 0 Å². The number of nitrogens with zero attached hydrogens (tertiary/aromatic N) is 1. The number of nitrogens with one attached hydrogen (secondary N) is 1. The Bertz CT molecular complexity index is 414. The van der Waals surface area contributed by atoms with Crippen LogP contribution in [-0.2, 0) is 4.79 Å². The average molecular weight is 278 g/mol. The minimum Gasteiger partial charge on any atom is -0.375 e. The molecule has 19 heavy (non-hydrogen) atoms. The molecule has 104 valence electrons. The van der Waals surface area contributed by atoms with E-state index in [-0.39, 0.29) is 6.04 Å². The first kappa shape index (κ1) is 14.3. The second kappa shape index (κ2) is 6.85. The zero-order valence-corrected chi connectivity index (χ0v) is 12.5. The first-order chi connectivity index (χ1) is 9.24. The number of carbonyl (C=O) groups is 1. The molecule has 0 saturated carbocycles. The van der Waals surface area contributed by atoms with Gasteiger partial charge in [0.05, 0.1) is 11.9 Å². The van der Waals surface area contributed by atoms with E-state index in [1.165, 1.54) is 12.0 Å². The van der Waals surface area contributed by atoms with Crippen molar-refractivity contribution in [2.75, 3.05) is 12.4 Å². The monoisotopic (exact) mass is 278 g/mol. The molecule has 1 amide bonds. The summed E-state index contributed by atoms with van der Waals surface area (Å²) < 4.78 is 0. The molecule has 0 aromatic heterocycles. The molecule has 1 saturated heterocycles. The summed E-state index contributed by atoms with van der Waals surface area (Å²) in [5, 5.41) is 5.47. The van der Waals surface area contributed by atoms with Crippen molar-refractivity contribution in [1.82, 2.24) is 10.2 Å². The third-order valence-corrected chi connectivity index (χ3v) is 4.36. The van der Waals surface area contributed by atoms with Gasteiger partial charge in [-0.3, -0.25) is 4.79 Å². The predicted octanol–water partition coefficient (Wildman–Crippen LogP) is 2.88. The number of allylic oxidation sites excluding steroid dienone is 2. The Morgan fingerprint density at radius 2 is 2.37 bits per heavy atom. The topological polar surface area (TPSA) is 32.3 Å². The highest BCUT2D eigenvalue weighted by Gasteiger charge is 2.27. The number of carbonyl (C=O) groups excluding carboxylic acids is 1. The molecular weight excluding hydrogens is 256 g/mol. The van der Waals surface area contributed by atoms with Crippen LogP contribution >= 0.6 is 11.8 Å². The second-order valence-electron chi connectivity index (χ2n) is 5.21. The molecule has 1 fully saturated rings. The zero-order chi connectivity index (χ0) is 13.7. The van der Waals surface area contributed by atoms with Gasteiger partial charge in [-0.15, -0.1) is 11.8 Å². The van der Waals surface area contributed by atoms with E-state index in [2.05, 4.69) is 35.9 Å². The standard InChI is InChI=1S/C15H22N2OS/c1-3-4-13(7-14-9-19-10-16-14)15-6-5-12(2)8-17(15)11-18/h3-4,7,9,11-12,15-16H,5-6,8,10H2,1-2H3/b4-3-,13-7+/t12?,15-/m1/s1. The van der Waals surface area contributed by atoms with E-state index in [9.17, 15) is 4.79 Å². The van der Waals surface area contributed by atoms with Crippen molar-refractivity contribution in [3.8, 4) is 0 Å². The number of thioether (sulfide) groups is 1. The van der Waals surface area contributed by atoms with Gasteiger partial charge in [0.25, 0.3) is 0 Å². The largest absolute Gasteiger partial charge is 0.375 e. The van der Waals surface area contributed by atoms with Gasteiger partial charge in [-0.05, 0) is 42.7 Å². The molecule has 0 spiro atoms. The van der Waals surface area contributed by atoms with E-state index in [0.29, 0.717) is 5.92 Å². The molecule has 0 aliphatic carbocycles. The van der Waals surface area contributed by atoms with E-state index < -0.39 is 0 Å². The first-order valence-corrected chi connectivity index (χ1v) is 7.90. The lowest BCUT2D eigenvalue weighted by atomic mass is 9.89. The van der Waals surface area contributed by atoms with Crippen molar-refractivity contribution in [3.63, 3.8) is 0 Å². The molecule has 2 aliphatic heterocycles. The molecule has 0 bridgehead atoms. The molecule has 1 N–H and O–H groups in total. The highest BCUT2D eigenvalue weighted by Crippen LogP contribution is 2.27. The van der Waals surface area contributed by atoms with Crippen LogP contribution in [0.3, 0.4) is 0 Å². The van der Waals surface area contributed by atoms with Gasteiger partial charge in [0.2, 0.25) is 6.41 Å². The Kier molecular flexibility index (Phi) is 5.14. The van der Waals surface area contributed by atoms with E-state index in [1.54, 1.807) is 11.8 Å². The molecule has 2 heterocycles. The quantitative estimate of drug-likeness (QED) is 0.634. The highest BCUT2D eigenvalue weighted by molar-refractivity contribution is 8.02. The molecule has 4 heteroatoms. The van der Waals surface area contributed by atoms with Crippen LogP contribution in [0.1, 0.15) is 26.7 Å². The van der Waals surface area contributed by atoms with Crippen molar-refractivity contribution in [3.05, 3.63) is 34.9 Å². The molecule has 1 unspecified atom stereocenters. The van der Waals surface area contributed by atoms with Gasteiger partial charge in [0, 0.05) is 12.2 Å². The number of amides is 1. The average Bonchev–Trinajstić information content (AvgIpc) is 2.91. The summed E-state index contributed by atoms with van der Waals surface area (Å²) in [6.45, 7) is 5.10. The van der Waals surface area contributed by atoms with Crippen molar-refractivity contribution in [2.45, 2.75) is 32.7 Å². The Morgan fingerprint density at radius 1 is 1.53 bits per heavy atom. The van der Waals surface area contributed by atoms with Gasteiger partial charge in [-0.1, -0.05) is 19.1 Å². The lowest BCUT2D eigenvalue weighted by Crippen LogP contribution is -2.42. The van der Waals surface area contributed by atoms with Gasteiger partial charge in [-0.25, -0.2) is 0 Å².